The van der Waals surface area contributed by atoms with Crippen LogP contribution < -0.4 is 9.64 Å². The molecule has 0 spiro atoms. The Morgan fingerprint density at radius 2 is 1.90 bits per heavy atom. The Bertz CT molecular complexity index is 1580. The van der Waals surface area contributed by atoms with E-state index in [-0.39, 0.29) is 30.6 Å². The third-order valence-electron chi connectivity index (χ3n) is 6.92. The summed E-state index contributed by atoms with van der Waals surface area (Å²) in [5.41, 5.74) is 2.28. The van der Waals surface area contributed by atoms with Crippen molar-refractivity contribution >= 4 is 23.3 Å². The van der Waals surface area contributed by atoms with Crippen LogP contribution in [0.5, 0.6) is 5.88 Å². The first-order chi connectivity index (χ1) is 18.7. The Hall–Kier alpha value is -3.93. The lowest BCUT2D eigenvalue weighted by Gasteiger charge is -2.28. The van der Waals surface area contributed by atoms with Gasteiger partial charge in [0, 0.05) is 31.1 Å². The number of aromatic nitrogens is 6. The van der Waals surface area contributed by atoms with Gasteiger partial charge in [-0.1, -0.05) is 35.9 Å². The minimum absolute atomic E-state index is 0.113. The van der Waals surface area contributed by atoms with Gasteiger partial charge in [-0.2, -0.15) is 18.3 Å². The maximum atomic E-state index is 13.1. The molecular formula is C26H23ClF3N7O2. The van der Waals surface area contributed by atoms with Crippen molar-refractivity contribution in [1.82, 2.24) is 29.3 Å². The number of imidazole rings is 1. The van der Waals surface area contributed by atoms with Crippen LogP contribution in [0, 0.1) is 0 Å². The van der Waals surface area contributed by atoms with Gasteiger partial charge in [-0.3, -0.25) is 9.69 Å². The van der Waals surface area contributed by atoms with Crippen molar-refractivity contribution in [3.8, 4) is 28.5 Å². The number of nitrogens with zero attached hydrogens (tertiary/aromatic N) is 7. The third kappa shape index (κ3) is 4.52. The number of rotatable bonds is 6. The van der Waals surface area contributed by atoms with Crippen molar-refractivity contribution in [3.05, 3.63) is 58.8 Å². The molecule has 9 nitrogen and oxygen atoms in total. The second-order valence-electron chi connectivity index (χ2n) is 9.61. The molecule has 2 aliphatic rings. The molecule has 0 N–H and O–H groups in total. The molecule has 0 saturated heterocycles. The minimum Gasteiger partial charge on any atom is -0.480 e. The second kappa shape index (κ2) is 9.37. The zero-order chi connectivity index (χ0) is 27.5. The first-order valence-corrected chi connectivity index (χ1v) is 12.7. The van der Waals surface area contributed by atoms with Crippen LogP contribution >= 0.6 is 11.6 Å². The van der Waals surface area contributed by atoms with Crippen LogP contribution in [-0.4, -0.2) is 42.3 Å². The van der Waals surface area contributed by atoms with Gasteiger partial charge in [-0.25, -0.2) is 19.6 Å². The number of aryl methyl sites for hydroxylation is 2. The monoisotopic (exact) mass is 557 g/mol. The van der Waals surface area contributed by atoms with Crippen molar-refractivity contribution in [2.45, 2.75) is 44.4 Å². The standard InChI is InChI=1S/C26H23ClF3N7O2/c1-35-12-17(26(28,29)30)33-23(35)16-5-3-14(4-6-16)11-36-18(38)9-10-37-25(36)20(27)22(34-37)19-21(15-7-8-15)31-13-32-24(19)39-2/h3-6,12-13,15H,7-11H2,1-2H3. The molecule has 3 aromatic heterocycles. The number of fused-ring (bicyclic) bond motifs is 1. The van der Waals surface area contributed by atoms with Crippen LogP contribution in [0.25, 0.3) is 22.6 Å². The van der Waals surface area contributed by atoms with Crippen LogP contribution in [0.15, 0.2) is 36.8 Å². The maximum absolute atomic E-state index is 13.1. The van der Waals surface area contributed by atoms with Crippen LogP contribution in [0.2, 0.25) is 5.02 Å². The van der Waals surface area contributed by atoms with E-state index in [9.17, 15) is 18.0 Å². The van der Waals surface area contributed by atoms with E-state index in [2.05, 4.69) is 15.0 Å². The summed E-state index contributed by atoms with van der Waals surface area (Å²) in [6.07, 6.45) is 0.157. The molecule has 1 fully saturated rings. The number of halogens is 4. The van der Waals surface area contributed by atoms with Crippen LogP contribution in [-0.2, 0) is 31.1 Å². The van der Waals surface area contributed by atoms with E-state index >= 15 is 0 Å². The molecule has 1 amide bonds. The molecule has 1 aliphatic carbocycles. The largest absolute Gasteiger partial charge is 0.480 e. The summed E-state index contributed by atoms with van der Waals surface area (Å²) in [5, 5.41) is 5.05. The number of carbonyl (C=O) groups excluding carboxylic acids is 1. The zero-order valence-electron chi connectivity index (χ0n) is 21.0. The van der Waals surface area contributed by atoms with Gasteiger partial charge in [-0.15, -0.1) is 0 Å². The summed E-state index contributed by atoms with van der Waals surface area (Å²) < 4.78 is 47.8. The fraction of sp³-hybridized carbons (Fsp3) is 0.346. The number of alkyl halides is 3. The SMILES string of the molecule is COc1ncnc(C2CC2)c1-c1nn2c(c1Cl)N(Cc1ccc(-c3nc(C(F)(F)F)cn3C)cc1)C(=O)CC2. The Labute approximate surface area is 226 Å². The lowest BCUT2D eigenvalue weighted by Crippen LogP contribution is -2.37. The lowest BCUT2D eigenvalue weighted by molar-refractivity contribution is -0.140. The second-order valence-corrected chi connectivity index (χ2v) is 9.99. The van der Waals surface area contributed by atoms with Crippen molar-refractivity contribution in [2.24, 2.45) is 7.05 Å². The average Bonchev–Trinajstić information content (AvgIpc) is 3.60. The third-order valence-corrected chi connectivity index (χ3v) is 7.27. The Morgan fingerprint density at radius 1 is 1.15 bits per heavy atom. The van der Waals surface area contributed by atoms with E-state index in [4.69, 9.17) is 21.4 Å². The summed E-state index contributed by atoms with van der Waals surface area (Å²) in [5.74, 6) is 1.21. The number of amides is 1. The van der Waals surface area contributed by atoms with Gasteiger partial charge >= 0.3 is 6.18 Å². The molecule has 4 heterocycles. The highest BCUT2D eigenvalue weighted by Gasteiger charge is 2.37. The molecule has 0 bridgehead atoms. The summed E-state index contributed by atoms with van der Waals surface area (Å²) in [4.78, 5) is 27.1. The van der Waals surface area contributed by atoms with Gasteiger partial charge < -0.3 is 9.30 Å². The van der Waals surface area contributed by atoms with Crippen LogP contribution in [0.3, 0.4) is 0 Å². The number of anilines is 1. The lowest BCUT2D eigenvalue weighted by atomic mass is 10.1. The highest BCUT2D eigenvalue weighted by Crippen LogP contribution is 2.48. The summed E-state index contributed by atoms with van der Waals surface area (Å²) in [7, 11) is 3.04. The van der Waals surface area contributed by atoms with E-state index in [1.807, 2.05) is 0 Å². The van der Waals surface area contributed by atoms with Crippen molar-refractivity contribution in [1.29, 1.82) is 0 Å². The fourth-order valence-corrected chi connectivity index (χ4v) is 5.19. The molecule has 1 aromatic carbocycles. The summed E-state index contributed by atoms with van der Waals surface area (Å²) >= 11 is 6.90. The van der Waals surface area contributed by atoms with E-state index in [1.165, 1.54) is 25.1 Å². The molecular weight excluding hydrogens is 535 g/mol. The Morgan fingerprint density at radius 3 is 2.54 bits per heavy atom. The predicted molar refractivity (Wildman–Crippen MR) is 136 cm³/mol. The topological polar surface area (TPSA) is 91.0 Å². The predicted octanol–water partition coefficient (Wildman–Crippen LogP) is 5.24. The number of methoxy groups -OCH3 is 1. The van der Waals surface area contributed by atoms with Crippen LogP contribution in [0.1, 0.15) is 42.1 Å². The number of benzene rings is 1. The zero-order valence-corrected chi connectivity index (χ0v) is 21.8. The van der Waals surface area contributed by atoms with Gasteiger partial charge in [0.25, 0.3) is 0 Å². The fourth-order valence-electron chi connectivity index (χ4n) is 4.86. The number of hydrogen-bond acceptors (Lipinski definition) is 6. The minimum atomic E-state index is -4.53. The number of hydrogen-bond donors (Lipinski definition) is 0. The van der Waals surface area contributed by atoms with Crippen molar-refractivity contribution in [2.75, 3.05) is 12.0 Å². The van der Waals surface area contributed by atoms with E-state index in [0.717, 1.165) is 30.3 Å². The first kappa shape index (κ1) is 25.4. The van der Waals surface area contributed by atoms with Gasteiger partial charge in [0.15, 0.2) is 11.5 Å². The quantitative estimate of drug-likeness (QED) is 0.322. The summed E-state index contributed by atoms with van der Waals surface area (Å²) in [6.45, 7) is 0.578. The molecule has 39 heavy (non-hydrogen) atoms. The first-order valence-electron chi connectivity index (χ1n) is 12.3. The number of carbonyl (C=O) groups is 1. The molecule has 1 aliphatic heterocycles. The molecule has 0 unspecified atom stereocenters. The Kier molecular flexibility index (Phi) is 6.09. The number of ether oxygens (including phenoxy) is 1. The normalized spacial score (nSPS) is 15.5. The van der Waals surface area contributed by atoms with Gasteiger partial charge in [0.2, 0.25) is 11.8 Å². The molecule has 13 heteroatoms. The smallest absolute Gasteiger partial charge is 0.434 e. The van der Waals surface area contributed by atoms with Crippen LogP contribution in [0.4, 0.5) is 19.0 Å². The highest BCUT2D eigenvalue weighted by molar-refractivity contribution is 6.36. The molecule has 6 rings (SSSR count). The van der Waals surface area contributed by atoms with E-state index < -0.39 is 11.9 Å². The molecule has 1 saturated carbocycles. The van der Waals surface area contributed by atoms with Gasteiger partial charge in [0.05, 0.1) is 31.5 Å². The Balaban J connectivity index is 1.33. The van der Waals surface area contributed by atoms with Gasteiger partial charge in [-0.05, 0) is 18.4 Å². The van der Waals surface area contributed by atoms with E-state index in [0.29, 0.717) is 40.1 Å². The molecule has 0 radical (unpaired) electrons. The van der Waals surface area contributed by atoms with Gasteiger partial charge in [0.1, 0.15) is 22.9 Å². The maximum Gasteiger partial charge on any atom is 0.434 e. The summed E-state index contributed by atoms with van der Waals surface area (Å²) in [6, 6.07) is 6.89. The molecule has 0 atom stereocenters. The average molecular weight is 558 g/mol. The molecule has 4 aromatic rings. The highest BCUT2D eigenvalue weighted by atomic mass is 35.5. The van der Waals surface area contributed by atoms with E-state index in [1.54, 1.807) is 33.8 Å². The van der Waals surface area contributed by atoms with Crippen molar-refractivity contribution < 1.29 is 22.7 Å². The van der Waals surface area contributed by atoms with Crippen molar-refractivity contribution in [3.63, 3.8) is 0 Å². The molecule has 202 valence electrons.